The average Bonchev–Trinajstić information content (AvgIpc) is 2.25. The summed E-state index contributed by atoms with van der Waals surface area (Å²) in [6.07, 6.45) is 0. The van der Waals surface area contributed by atoms with Gasteiger partial charge in [-0.05, 0) is 18.6 Å². The molecule has 0 saturated carbocycles. The van der Waals surface area contributed by atoms with Gasteiger partial charge in [-0.1, -0.05) is 28.9 Å². The summed E-state index contributed by atoms with van der Waals surface area (Å²) in [4.78, 5) is 22.2. The van der Waals surface area contributed by atoms with E-state index in [-0.39, 0.29) is 16.1 Å². The fourth-order valence-electron chi connectivity index (χ4n) is 1.32. The molecular formula is C11H13BrN2O3. The van der Waals surface area contributed by atoms with E-state index in [0.717, 1.165) is 5.56 Å². The Hall–Kier alpha value is -1.43. The van der Waals surface area contributed by atoms with E-state index in [1.54, 1.807) is 13.0 Å². The van der Waals surface area contributed by atoms with E-state index in [1.165, 1.54) is 12.1 Å². The topological polar surface area (TPSA) is 72.2 Å². The average molecular weight is 301 g/mol. The van der Waals surface area contributed by atoms with Crippen molar-refractivity contribution in [2.24, 2.45) is 0 Å². The van der Waals surface area contributed by atoms with Crippen LogP contribution in [0.1, 0.15) is 22.8 Å². The molecule has 1 rings (SSSR count). The number of nitro benzene ring substituents is 1. The van der Waals surface area contributed by atoms with Crippen molar-refractivity contribution in [1.82, 2.24) is 5.32 Å². The van der Waals surface area contributed by atoms with Gasteiger partial charge in [0.1, 0.15) is 5.56 Å². The lowest BCUT2D eigenvalue weighted by Crippen LogP contribution is -2.29. The molecule has 0 aliphatic rings. The van der Waals surface area contributed by atoms with Crippen molar-refractivity contribution in [1.29, 1.82) is 0 Å². The van der Waals surface area contributed by atoms with Crippen LogP contribution in [0.5, 0.6) is 0 Å². The highest BCUT2D eigenvalue weighted by Crippen LogP contribution is 2.19. The number of nitrogens with one attached hydrogen (secondary N) is 1. The van der Waals surface area contributed by atoms with Crippen LogP contribution in [0, 0.1) is 17.0 Å². The van der Waals surface area contributed by atoms with Gasteiger partial charge in [0.2, 0.25) is 0 Å². The van der Waals surface area contributed by atoms with Gasteiger partial charge >= 0.3 is 0 Å². The lowest BCUT2D eigenvalue weighted by atomic mass is 10.1. The molecule has 0 aliphatic heterocycles. The first kappa shape index (κ1) is 13.6. The Morgan fingerprint density at radius 1 is 1.59 bits per heavy atom. The molecule has 0 spiro atoms. The molecule has 6 heteroatoms. The lowest BCUT2D eigenvalue weighted by Gasteiger charge is -2.07. The second kappa shape index (κ2) is 5.77. The normalized spacial score (nSPS) is 11.9. The monoisotopic (exact) mass is 300 g/mol. The molecule has 1 amide bonds. The number of halogens is 1. The van der Waals surface area contributed by atoms with Gasteiger partial charge in [-0.3, -0.25) is 14.9 Å². The Kier molecular flexibility index (Phi) is 4.62. The molecule has 0 radical (unpaired) electrons. The van der Waals surface area contributed by atoms with Gasteiger partial charge in [0.05, 0.1) is 4.92 Å². The third-order valence-corrected chi connectivity index (χ3v) is 2.46. The van der Waals surface area contributed by atoms with E-state index in [9.17, 15) is 14.9 Å². The molecule has 5 nitrogen and oxygen atoms in total. The van der Waals surface area contributed by atoms with Gasteiger partial charge in [-0.25, -0.2) is 0 Å². The van der Waals surface area contributed by atoms with Crippen molar-refractivity contribution < 1.29 is 9.72 Å². The molecule has 1 aromatic rings. The molecule has 1 unspecified atom stereocenters. The lowest BCUT2D eigenvalue weighted by molar-refractivity contribution is -0.385. The van der Waals surface area contributed by atoms with Crippen molar-refractivity contribution in [2.45, 2.75) is 18.7 Å². The highest BCUT2D eigenvalue weighted by molar-refractivity contribution is 9.09. The molecule has 0 saturated heterocycles. The predicted molar refractivity (Wildman–Crippen MR) is 68.6 cm³/mol. The molecular weight excluding hydrogens is 288 g/mol. The Morgan fingerprint density at radius 2 is 2.24 bits per heavy atom. The quantitative estimate of drug-likeness (QED) is 0.527. The summed E-state index contributed by atoms with van der Waals surface area (Å²) in [5.74, 6) is -0.424. The first-order valence-electron chi connectivity index (χ1n) is 5.09. The number of carbonyl (C=O) groups is 1. The minimum absolute atomic E-state index is 0.100. The fourth-order valence-corrected chi connectivity index (χ4v) is 1.48. The Morgan fingerprint density at radius 3 is 2.76 bits per heavy atom. The van der Waals surface area contributed by atoms with Crippen LogP contribution in [0.25, 0.3) is 0 Å². The first-order valence-corrected chi connectivity index (χ1v) is 6.00. The summed E-state index contributed by atoms with van der Waals surface area (Å²) in [5.41, 5.74) is 0.742. The van der Waals surface area contributed by atoms with Gasteiger partial charge in [-0.2, -0.15) is 0 Å². The van der Waals surface area contributed by atoms with Crippen molar-refractivity contribution >= 4 is 27.5 Å². The van der Waals surface area contributed by atoms with Crippen LogP contribution in [-0.4, -0.2) is 22.2 Å². The summed E-state index contributed by atoms with van der Waals surface area (Å²) >= 11 is 3.29. The van der Waals surface area contributed by atoms with E-state index in [4.69, 9.17) is 0 Å². The molecule has 0 fully saturated rings. The number of alkyl halides is 1. The molecule has 0 heterocycles. The van der Waals surface area contributed by atoms with Gasteiger partial charge < -0.3 is 5.32 Å². The van der Waals surface area contributed by atoms with Crippen LogP contribution in [0.4, 0.5) is 5.69 Å². The number of amides is 1. The number of aryl methyl sites for hydroxylation is 1. The molecule has 0 bridgehead atoms. The zero-order valence-electron chi connectivity index (χ0n) is 9.57. The first-order chi connectivity index (χ1) is 7.91. The maximum absolute atomic E-state index is 11.8. The van der Waals surface area contributed by atoms with E-state index < -0.39 is 10.8 Å². The standard InChI is InChI=1S/C11H13BrN2O3/c1-7-3-4-10(14(16)17)9(5-7)11(15)13-6-8(2)12/h3-5,8H,6H2,1-2H3,(H,13,15). The molecule has 1 atom stereocenters. The molecule has 92 valence electrons. The van der Waals surface area contributed by atoms with Crippen molar-refractivity contribution in [3.63, 3.8) is 0 Å². The minimum atomic E-state index is -0.550. The van der Waals surface area contributed by atoms with Crippen LogP contribution < -0.4 is 5.32 Å². The predicted octanol–water partition coefficient (Wildman–Crippen LogP) is 2.42. The van der Waals surface area contributed by atoms with Gasteiger partial charge in [0.25, 0.3) is 11.6 Å². The van der Waals surface area contributed by atoms with Gasteiger partial charge in [0, 0.05) is 17.4 Å². The number of hydrogen-bond donors (Lipinski definition) is 1. The van der Waals surface area contributed by atoms with Crippen LogP contribution in [0.3, 0.4) is 0 Å². The van der Waals surface area contributed by atoms with Crippen LogP contribution in [0.2, 0.25) is 0 Å². The largest absolute Gasteiger partial charge is 0.351 e. The summed E-state index contributed by atoms with van der Waals surface area (Å²) in [7, 11) is 0. The summed E-state index contributed by atoms with van der Waals surface area (Å²) in [6.45, 7) is 4.09. The Labute approximate surface area is 107 Å². The van der Waals surface area contributed by atoms with Gasteiger partial charge in [0.15, 0.2) is 0 Å². The van der Waals surface area contributed by atoms with E-state index in [2.05, 4.69) is 21.2 Å². The fraction of sp³-hybridized carbons (Fsp3) is 0.364. The zero-order chi connectivity index (χ0) is 13.0. The molecule has 1 aromatic carbocycles. The van der Waals surface area contributed by atoms with Crippen molar-refractivity contribution in [2.75, 3.05) is 6.54 Å². The molecule has 0 aliphatic carbocycles. The number of nitro groups is 1. The summed E-state index contributed by atoms with van der Waals surface area (Å²) in [6, 6.07) is 4.48. The van der Waals surface area contributed by atoms with Gasteiger partial charge in [-0.15, -0.1) is 0 Å². The summed E-state index contributed by atoms with van der Waals surface area (Å²) < 4.78 is 0. The highest BCUT2D eigenvalue weighted by atomic mass is 79.9. The van der Waals surface area contributed by atoms with Crippen LogP contribution >= 0.6 is 15.9 Å². The second-order valence-electron chi connectivity index (χ2n) is 3.77. The van der Waals surface area contributed by atoms with E-state index in [1.807, 2.05) is 6.92 Å². The van der Waals surface area contributed by atoms with E-state index in [0.29, 0.717) is 6.54 Å². The number of carbonyl (C=O) groups excluding carboxylic acids is 1. The maximum atomic E-state index is 11.8. The maximum Gasteiger partial charge on any atom is 0.282 e. The van der Waals surface area contributed by atoms with Crippen LogP contribution in [0.15, 0.2) is 18.2 Å². The number of benzene rings is 1. The van der Waals surface area contributed by atoms with Crippen molar-refractivity contribution in [3.8, 4) is 0 Å². The zero-order valence-corrected chi connectivity index (χ0v) is 11.2. The second-order valence-corrected chi connectivity index (χ2v) is 5.33. The number of hydrogen-bond acceptors (Lipinski definition) is 3. The Bertz CT molecular complexity index is 446. The van der Waals surface area contributed by atoms with E-state index >= 15 is 0 Å². The highest BCUT2D eigenvalue weighted by Gasteiger charge is 2.19. The third kappa shape index (κ3) is 3.81. The minimum Gasteiger partial charge on any atom is -0.351 e. The molecule has 1 N–H and O–H groups in total. The van der Waals surface area contributed by atoms with Crippen LogP contribution in [-0.2, 0) is 0 Å². The summed E-state index contributed by atoms with van der Waals surface area (Å²) in [5, 5.41) is 13.4. The number of rotatable bonds is 4. The smallest absolute Gasteiger partial charge is 0.282 e. The molecule has 17 heavy (non-hydrogen) atoms. The SMILES string of the molecule is Cc1ccc([N+](=O)[O-])c(C(=O)NCC(C)Br)c1. The number of nitrogens with zero attached hydrogens (tertiary/aromatic N) is 1. The van der Waals surface area contributed by atoms with Crippen molar-refractivity contribution in [3.05, 3.63) is 39.4 Å². The Balaban J connectivity index is 2.98. The molecule has 0 aromatic heterocycles. The third-order valence-electron chi connectivity index (χ3n) is 2.14.